The van der Waals surface area contributed by atoms with Crippen LogP contribution in [0.2, 0.25) is 0 Å². The van der Waals surface area contributed by atoms with Gasteiger partial charge in [-0.1, -0.05) is 0 Å². The first-order chi connectivity index (χ1) is 9.86. The van der Waals surface area contributed by atoms with E-state index in [-0.39, 0.29) is 24.9 Å². The zero-order chi connectivity index (χ0) is 15.2. The number of amides is 1. The number of likely N-dealkylation sites (tertiary alicyclic amines) is 1. The van der Waals surface area contributed by atoms with Gasteiger partial charge in [-0.15, -0.1) is 11.3 Å². The van der Waals surface area contributed by atoms with Gasteiger partial charge in [0.15, 0.2) is 0 Å². The molecule has 2 N–H and O–H groups in total. The van der Waals surface area contributed by atoms with Crippen LogP contribution in [0, 0.1) is 0 Å². The predicted molar refractivity (Wildman–Crippen MR) is 80.4 cm³/mol. The maximum atomic E-state index is 12.1. The fourth-order valence-electron chi connectivity index (χ4n) is 2.98. The van der Waals surface area contributed by atoms with Crippen molar-refractivity contribution >= 4 is 27.3 Å². The Balaban J connectivity index is 1.80. The SMILES string of the molecule is CC(c1nc2c(s1)CCCC2)N1CC(S(N)(=O)=O)CC1=O. The van der Waals surface area contributed by atoms with Crippen LogP contribution in [0.25, 0.3) is 0 Å². The third-order valence-electron chi connectivity index (χ3n) is 4.27. The van der Waals surface area contributed by atoms with Crippen molar-refractivity contribution in [1.29, 1.82) is 0 Å². The number of nitrogens with zero attached hydrogens (tertiary/aromatic N) is 2. The number of fused-ring (bicyclic) bond motifs is 1. The van der Waals surface area contributed by atoms with Crippen molar-refractivity contribution in [1.82, 2.24) is 9.88 Å². The molecule has 2 unspecified atom stereocenters. The summed E-state index contributed by atoms with van der Waals surface area (Å²) in [5, 5.41) is 5.28. The quantitative estimate of drug-likeness (QED) is 0.894. The largest absolute Gasteiger partial charge is 0.332 e. The first kappa shape index (κ1) is 14.9. The standard InChI is InChI=1S/C13H19N3O3S2/c1-8(13-15-10-4-2-3-5-11(10)20-13)16-7-9(6-12(16)17)21(14,18)19/h8-9H,2-7H2,1H3,(H2,14,18,19). The summed E-state index contributed by atoms with van der Waals surface area (Å²) in [7, 11) is -3.67. The Kier molecular flexibility index (Phi) is 3.79. The second-order valence-corrected chi connectivity index (χ2v) is 8.73. The zero-order valence-corrected chi connectivity index (χ0v) is 13.5. The van der Waals surface area contributed by atoms with E-state index in [9.17, 15) is 13.2 Å². The molecule has 8 heteroatoms. The Labute approximate surface area is 128 Å². The molecule has 0 saturated carbocycles. The Bertz CT molecular complexity index is 645. The molecule has 1 aliphatic heterocycles. The summed E-state index contributed by atoms with van der Waals surface area (Å²) in [5.41, 5.74) is 1.16. The fourth-order valence-corrected chi connectivity index (χ4v) is 4.94. The van der Waals surface area contributed by atoms with Crippen molar-refractivity contribution in [3.63, 3.8) is 0 Å². The van der Waals surface area contributed by atoms with Crippen LogP contribution in [-0.2, 0) is 27.7 Å². The van der Waals surface area contributed by atoms with Gasteiger partial charge in [0.2, 0.25) is 15.9 Å². The molecule has 116 valence electrons. The monoisotopic (exact) mass is 329 g/mol. The number of aryl methyl sites for hydroxylation is 2. The average Bonchev–Trinajstić information content (AvgIpc) is 3.00. The van der Waals surface area contributed by atoms with Gasteiger partial charge in [0.05, 0.1) is 11.7 Å². The molecule has 3 rings (SSSR count). The first-order valence-corrected chi connectivity index (χ1v) is 9.58. The average molecular weight is 329 g/mol. The second-order valence-electron chi connectivity index (χ2n) is 5.77. The number of sulfonamides is 1. The number of carbonyl (C=O) groups is 1. The van der Waals surface area contributed by atoms with Gasteiger partial charge in [0.25, 0.3) is 0 Å². The van der Waals surface area contributed by atoms with E-state index in [1.807, 2.05) is 6.92 Å². The lowest BCUT2D eigenvalue weighted by atomic mass is 10.0. The summed E-state index contributed by atoms with van der Waals surface area (Å²) in [6, 6.07) is -0.181. The van der Waals surface area contributed by atoms with Crippen molar-refractivity contribution in [2.45, 2.75) is 50.3 Å². The highest BCUT2D eigenvalue weighted by atomic mass is 32.2. The van der Waals surface area contributed by atoms with Crippen LogP contribution >= 0.6 is 11.3 Å². The lowest BCUT2D eigenvalue weighted by Crippen LogP contribution is -2.33. The van der Waals surface area contributed by atoms with Gasteiger partial charge >= 0.3 is 0 Å². The number of hydrogen-bond donors (Lipinski definition) is 1. The van der Waals surface area contributed by atoms with Crippen LogP contribution in [0.3, 0.4) is 0 Å². The molecule has 2 heterocycles. The molecule has 1 fully saturated rings. The van der Waals surface area contributed by atoms with E-state index in [4.69, 9.17) is 5.14 Å². The van der Waals surface area contributed by atoms with E-state index in [0.717, 1.165) is 23.5 Å². The highest BCUT2D eigenvalue weighted by Crippen LogP contribution is 2.34. The van der Waals surface area contributed by atoms with Crippen molar-refractivity contribution < 1.29 is 13.2 Å². The number of rotatable bonds is 3. The van der Waals surface area contributed by atoms with Crippen molar-refractivity contribution in [2.75, 3.05) is 6.54 Å². The molecular weight excluding hydrogens is 310 g/mol. The number of thiazole rings is 1. The molecule has 6 nitrogen and oxygen atoms in total. The summed E-state index contributed by atoms with van der Waals surface area (Å²) in [5.74, 6) is -0.158. The number of carbonyl (C=O) groups excluding carboxylic acids is 1. The molecule has 2 aliphatic rings. The van der Waals surface area contributed by atoms with Crippen molar-refractivity contribution in [3.8, 4) is 0 Å². The summed E-state index contributed by atoms with van der Waals surface area (Å²) < 4.78 is 22.9. The molecule has 2 atom stereocenters. The fraction of sp³-hybridized carbons (Fsp3) is 0.692. The molecule has 1 aliphatic carbocycles. The van der Waals surface area contributed by atoms with Gasteiger partial charge in [-0.3, -0.25) is 4.79 Å². The highest BCUT2D eigenvalue weighted by Gasteiger charge is 2.39. The van der Waals surface area contributed by atoms with E-state index >= 15 is 0 Å². The van der Waals surface area contributed by atoms with Crippen molar-refractivity contribution in [2.24, 2.45) is 5.14 Å². The Hall–Kier alpha value is -0.990. The van der Waals surface area contributed by atoms with Crippen molar-refractivity contribution in [3.05, 3.63) is 15.6 Å². The Morgan fingerprint density at radius 3 is 2.71 bits per heavy atom. The molecule has 1 aromatic rings. The normalized spacial score (nSPS) is 24.2. The molecule has 21 heavy (non-hydrogen) atoms. The minimum Gasteiger partial charge on any atom is -0.332 e. The maximum absolute atomic E-state index is 12.1. The van der Waals surface area contributed by atoms with Crippen LogP contribution in [0.1, 0.15) is 47.8 Å². The molecule has 0 aromatic carbocycles. The van der Waals surface area contributed by atoms with Crippen LogP contribution < -0.4 is 5.14 Å². The lowest BCUT2D eigenvalue weighted by Gasteiger charge is -2.22. The van der Waals surface area contributed by atoms with E-state index in [2.05, 4.69) is 4.98 Å². The highest BCUT2D eigenvalue weighted by molar-refractivity contribution is 7.89. The molecule has 0 spiro atoms. The number of primary sulfonamides is 1. The molecule has 1 aromatic heterocycles. The maximum Gasteiger partial charge on any atom is 0.224 e. The van der Waals surface area contributed by atoms with Gasteiger partial charge in [0.1, 0.15) is 10.3 Å². The molecule has 0 bridgehead atoms. The van der Waals surface area contributed by atoms with Crippen LogP contribution in [0.4, 0.5) is 0 Å². The number of hydrogen-bond acceptors (Lipinski definition) is 5. The van der Waals surface area contributed by atoms with Crippen LogP contribution in [0.15, 0.2) is 0 Å². The smallest absolute Gasteiger partial charge is 0.224 e. The summed E-state index contributed by atoms with van der Waals surface area (Å²) in [4.78, 5) is 19.6. The summed E-state index contributed by atoms with van der Waals surface area (Å²) in [6.07, 6.45) is 4.41. The van der Waals surface area contributed by atoms with E-state index in [1.165, 1.54) is 17.7 Å². The van der Waals surface area contributed by atoms with E-state index < -0.39 is 15.3 Å². The minimum absolute atomic E-state index is 0.0196. The molecule has 1 saturated heterocycles. The predicted octanol–water partition coefficient (Wildman–Crippen LogP) is 0.972. The van der Waals surface area contributed by atoms with Gasteiger partial charge in [-0.05, 0) is 32.6 Å². The van der Waals surface area contributed by atoms with E-state index in [1.54, 1.807) is 16.2 Å². The van der Waals surface area contributed by atoms with E-state index in [0.29, 0.717) is 0 Å². The van der Waals surface area contributed by atoms with Gasteiger partial charge in [-0.2, -0.15) is 0 Å². The lowest BCUT2D eigenvalue weighted by molar-refractivity contribution is -0.129. The Morgan fingerprint density at radius 1 is 1.38 bits per heavy atom. The topological polar surface area (TPSA) is 93.4 Å². The molecule has 0 radical (unpaired) electrons. The second kappa shape index (κ2) is 5.33. The number of nitrogens with two attached hydrogens (primary N) is 1. The minimum atomic E-state index is -3.67. The molecular formula is C13H19N3O3S2. The third kappa shape index (κ3) is 2.84. The first-order valence-electron chi connectivity index (χ1n) is 7.16. The molecule has 1 amide bonds. The zero-order valence-electron chi connectivity index (χ0n) is 11.9. The Morgan fingerprint density at radius 2 is 2.10 bits per heavy atom. The summed E-state index contributed by atoms with van der Waals surface area (Å²) >= 11 is 1.66. The van der Waals surface area contributed by atoms with Gasteiger partial charge < -0.3 is 4.90 Å². The van der Waals surface area contributed by atoms with Crippen LogP contribution in [-0.4, -0.2) is 36.0 Å². The third-order valence-corrected chi connectivity index (χ3v) is 6.85. The van der Waals surface area contributed by atoms with Gasteiger partial charge in [0, 0.05) is 17.8 Å². The number of aromatic nitrogens is 1. The summed E-state index contributed by atoms with van der Waals surface area (Å²) in [6.45, 7) is 2.08. The van der Waals surface area contributed by atoms with Gasteiger partial charge in [-0.25, -0.2) is 18.5 Å². The van der Waals surface area contributed by atoms with Crippen LogP contribution in [0.5, 0.6) is 0 Å².